The predicted molar refractivity (Wildman–Crippen MR) is 83.7 cm³/mol. The number of nitrogens with zero attached hydrogens (tertiary/aromatic N) is 1. The summed E-state index contributed by atoms with van der Waals surface area (Å²) in [6.07, 6.45) is 1.79. The normalized spacial score (nSPS) is 11.8. The molecule has 4 heteroatoms. The van der Waals surface area contributed by atoms with Crippen molar-refractivity contribution in [1.82, 2.24) is 4.98 Å². The molecule has 0 saturated carbocycles. The summed E-state index contributed by atoms with van der Waals surface area (Å²) >= 11 is 7.74. The fourth-order valence-electron chi connectivity index (χ4n) is 2.07. The van der Waals surface area contributed by atoms with Gasteiger partial charge in [0, 0.05) is 15.5 Å². The molecular weight excluding hydrogens is 276 g/mol. The monoisotopic (exact) mass is 294 g/mol. The predicted octanol–water partition coefficient (Wildman–Crippen LogP) is 4.75. The van der Waals surface area contributed by atoms with Crippen LogP contribution >= 0.6 is 22.9 Å². The average Bonchev–Trinajstić information content (AvgIpc) is 2.80. The zero-order chi connectivity index (χ0) is 14.0. The molecule has 0 spiro atoms. The number of aryl methyl sites for hydroxylation is 1. The number of thiazole rings is 1. The molecule has 0 unspecified atom stereocenters. The molecule has 0 fully saturated rings. The van der Waals surface area contributed by atoms with Crippen LogP contribution in [0.3, 0.4) is 0 Å². The molecule has 0 amide bonds. The van der Waals surface area contributed by atoms with Gasteiger partial charge in [-0.25, -0.2) is 4.98 Å². The van der Waals surface area contributed by atoms with E-state index in [9.17, 15) is 0 Å². The fraction of sp³-hybridized carbons (Fsp3) is 0.400. The number of hydrogen-bond donors (Lipinski definition) is 1. The zero-order valence-electron chi connectivity index (χ0n) is 11.5. The van der Waals surface area contributed by atoms with E-state index >= 15 is 0 Å². The molecule has 0 aliphatic heterocycles. The van der Waals surface area contributed by atoms with E-state index in [0.717, 1.165) is 34.1 Å². The van der Waals surface area contributed by atoms with Gasteiger partial charge in [0.15, 0.2) is 0 Å². The summed E-state index contributed by atoms with van der Waals surface area (Å²) in [6.45, 7) is 6.31. The number of nitrogens with two attached hydrogens (primary N) is 1. The summed E-state index contributed by atoms with van der Waals surface area (Å²) in [6, 6.07) is 7.81. The molecule has 0 atom stereocenters. The van der Waals surface area contributed by atoms with Crippen molar-refractivity contribution < 1.29 is 0 Å². The minimum atomic E-state index is -0.313. The van der Waals surface area contributed by atoms with Crippen LogP contribution in [0.15, 0.2) is 24.3 Å². The summed E-state index contributed by atoms with van der Waals surface area (Å²) in [4.78, 5) is 5.96. The molecule has 0 bridgehead atoms. The summed E-state index contributed by atoms with van der Waals surface area (Å²) < 4.78 is 0. The maximum Gasteiger partial charge on any atom is 0.113 e. The largest absolute Gasteiger partial charge is 0.319 e. The van der Waals surface area contributed by atoms with Gasteiger partial charge in [-0.1, -0.05) is 37.6 Å². The first-order valence-electron chi connectivity index (χ1n) is 6.53. The molecule has 2 N–H and O–H groups in total. The Morgan fingerprint density at radius 2 is 2.00 bits per heavy atom. The first kappa shape index (κ1) is 14.5. The third-order valence-corrected chi connectivity index (χ3v) is 5.01. The quantitative estimate of drug-likeness (QED) is 0.884. The Labute approximate surface area is 123 Å². The first-order valence-corrected chi connectivity index (χ1v) is 7.72. The maximum absolute atomic E-state index is 6.43. The van der Waals surface area contributed by atoms with Gasteiger partial charge in [-0.2, -0.15) is 0 Å². The summed E-state index contributed by atoms with van der Waals surface area (Å²) in [7, 11) is 0. The van der Waals surface area contributed by atoms with Crippen molar-refractivity contribution in [2.45, 2.75) is 39.2 Å². The molecule has 19 heavy (non-hydrogen) atoms. The van der Waals surface area contributed by atoms with Gasteiger partial charge < -0.3 is 5.73 Å². The van der Waals surface area contributed by atoms with Crippen molar-refractivity contribution in [1.29, 1.82) is 0 Å². The SMILES string of the molecule is CCC(N)(CC)c1nc(-c2cccc(Cl)c2)c(C)s1. The van der Waals surface area contributed by atoms with Crippen LogP contribution in [0, 0.1) is 6.92 Å². The number of rotatable bonds is 4. The first-order chi connectivity index (χ1) is 9.00. The fourth-order valence-corrected chi connectivity index (χ4v) is 3.43. The Hall–Kier alpha value is -0.900. The van der Waals surface area contributed by atoms with Crippen LogP contribution in [-0.2, 0) is 5.54 Å². The number of aromatic nitrogens is 1. The van der Waals surface area contributed by atoms with Gasteiger partial charge in [-0.15, -0.1) is 11.3 Å². The molecule has 2 aromatic rings. The van der Waals surface area contributed by atoms with Crippen LogP contribution in [0.5, 0.6) is 0 Å². The van der Waals surface area contributed by atoms with Crippen LogP contribution < -0.4 is 5.73 Å². The van der Waals surface area contributed by atoms with Crippen molar-refractivity contribution in [2.24, 2.45) is 5.73 Å². The van der Waals surface area contributed by atoms with Crippen LogP contribution in [0.4, 0.5) is 0 Å². The Balaban J connectivity index is 2.47. The van der Waals surface area contributed by atoms with E-state index in [2.05, 4.69) is 20.8 Å². The van der Waals surface area contributed by atoms with Gasteiger partial charge >= 0.3 is 0 Å². The molecule has 2 rings (SSSR count). The molecular formula is C15H19ClN2S. The van der Waals surface area contributed by atoms with Crippen molar-refractivity contribution in [2.75, 3.05) is 0 Å². The highest BCUT2D eigenvalue weighted by molar-refractivity contribution is 7.12. The molecule has 1 heterocycles. The van der Waals surface area contributed by atoms with Crippen molar-refractivity contribution in [3.63, 3.8) is 0 Å². The number of benzene rings is 1. The Kier molecular flexibility index (Phi) is 4.29. The van der Waals surface area contributed by atoms with Gasteiger partial charge in [-0.3, -0.25) is 0 Å². The lowest BCUT2D eigenvalue weighted by molar-refractivity contribution is 0.411. The molecule has 102 valence electrons. The molecule has 1 aromatic heterocycles. The van der Waals surface area contributed by atoms with E-state index < -0.39 is 0 Å². The second-order valence-electron chi connectivity index (χ2n) is 4.80. The van der Waals surface area contributed by atoms with Crippen LogP contribution in [-0.4, -0.2) is 4.98 Å². The Bertz CT molecular complexity index is 573. The highest BCUT2D eigenvalue weighted by atomic mass is 35.5. The van der Waals surface area contributed by atoms with Crippen LogP contribution in [0.25, 0.3) is 11.3 Å². The second-order valence-corrected chi connectivity index (χ2v) is 6.44. The summed E-state index contributed by atoms with van der Waals surface area (Å²) in [5.41, 5.74) is 8.17. The number of halogens is 1. The van der Waals surface area contributed by atoms with Gasteiger partial charge in [-0.05, 0) is 31.9 Å². The van der Waals surface area contributed by atoms with Gasteiger partial charge in [0.1, 0.15) is 5.01 Å². The van der Waals surface area contributed by atoms with Crippen molar-refractivity contribution >= 4 is 22.9 Å². The van der Waals surface area contributed by atoms with E-state index in [1.807, 2.05) is 24.3 Å². The average molecular weight is 295 g/mol. The van der Waals surface area contributed by atoms with Crippen LogP contribution in [0.1, 0.15) is 36.6 Å². The van der Waals surface area contributed by atoms with E-state index in [1.54, 1.807) is 11.3 Å². The van der Waals surface area contributed by atoms with Gasteiger partial charge in [0.2, 0.25) is 0 Å². The van der Waals surface area contributed by atoms with Crippen LogP contribution in [0.2, 0.25) is 5.02 Å². The lowest BCUT2D eigenvalue weighted by Crippen LogP contribution is -2.34. The minimum Gasteiger partial charge on any atom is -0.319 e. The standard InChI is InChI=1S/C15H19ClN2S/c1-4-15(17,5-2)14-18-13(10(3)19-14)11-7-6-8-12(16)9-11/h6-9H,4-5,17H2,1-3H3. The summed E-state index contributed by atoms with van der Waals surface area (Å²) in [5.74, 6) is 0. The summed E-state index contributed by atoms with van der Waals surface area (Å²) in [5, 5.41) is 1.75. The lowest BCUT2D eigenvalue weighted by atomic mass is 9.95. The number of hydrogen-bond acceptors (Lipinski definition) is 3. The smallest absolute Gasteiger partial charge is 0.113 e. The molecule has 0 saturated heterocycles. The third-order valence-electron chi connectivity index (χ3n) is 3.58. The second kappa shape index (κ2) is 5.61. The van der Waals surface area contributed by atoms with Gasteiger partial charge in [0.05, 0.1) is 11.2 Å². The Morgan fingerprint density at radius 3 is 2.58 bits per heavy atom. The molecule has 0 aliphatic rings. The van der Waals surface area contributed by atoms with E-state index in [-0.39, 0.29) is 5.54 Å². The van der Waals surface area contributed by atoms with E-state index in [0.29, 0.717) is 0 Å². The topological polar surface area (TPSA) is 38.9 Å². The highest BCUT2D eigenvalue weighted by Gasteiger charge is 2.27. The molecule has 1 aromatic carbocycles. The molecule has 0 aliphatic carbocycles. The highest BCUT2D eigenvalue weighted by Crippen LogP contribution is 2.35. The lowest BCUT2D eigenvalue weighted by Gasteiger charge is -2.23. The van der Waals surface area contributed by atoms with Crippen molar-refractivity contribution in [3.8, 4) is 11.3 Å². The van der Waals surface area contributed by atoms with E-state index in [1.165, 1.54) is 4.88 Å². The molecule has 2 nitrogen and oxygen atoms in total. The van der Waals surface area contributed by atoms with E-state index in [4.69, 9.17) is 22.3 Å². The van der Waals surface area contributed by atoms with Crippen molar-refractivity contribution in [3.05, 3.63) is 39.2 Å². The minimum absolute atomic E-state index is 0.313. The van der Waals surface area contributed by atoms with Gasteiger partial charge in [0.25, 0.3) is 0 Å². The third kappa shape index (κ3) is 2.83. The maximum atomic E-state index is 6.43. The zero-order valence-corrected chi connectivity index (χ0v) is 13.1. The molecule has 0 radical (unpaired) electrons. The Morgan fingerprint density at radius 1 is 1.32 bits per heavy atom.